The molecule has 0 spiro atoms. The Kier molecular flexibility index (Phi) is 7.14. The van der Waals surface area contributed by atoms with Gasteiger partial charge in [0.25, 0.3) is 5.91 Å². The number of phenols is 1. The highest BCUT2D eigenvalue weighted by molar-refractivity contribution is 6.34. The summed E-state index contributed by atoms with van der Waals surface area (Å²) in [4.78, 5) is 29.5. The summed E-state index contributed by atoms with van der Waals surface area (Å²) in [6.07, 6.45) is -0.373. The summed E-state index contributed by atoms with van der Waals surface area (Å²) in [6, 6.07) is 14.9. The number of carbonyl (C=O) groups excluding carboxylic acids is 2. The van der Waals surface area contributed by atoms with Crippen molar-refractivity contribution in [3.8, 4) is 22.6 Å². The van der Waals surface area contributed by atoms with E-state index in [-0.39, 0.29) is 29.6 Å². The minimum atomic E-state index is -0.616. The van der Waals surface area contributed by atoms with Gasteiger partial charge in [-0.2, -0.15) is 0 Å². The third-order valence-electron chi connectivity index (χ3n) is 7.02. The Labute approximate surface area is 234 Å². The first kappa shape index (κ1) is 27.1. The van der Waals surface area contributed by atoms with Gasteiger partial charge in [0, 0.05) is 31.1 Å². The van der Waals surface area contributed by atoms with Gasteiger partial charge in [-0.15, -0.1) is 0 Å². The number of likely N-dealkylation sites (tertiary alicyclic amines) is 1. The molecule has 8 heteroatoms. The van der Waals surface area contributed by atoms with Crippen LogP contribution >= 0.6 is 11.6 Å². The van der Waals surface area contributed by atoms with Crippen LogP contribution in [0.25, 0.3) is 21.9 Å². The number of hydrogen-bond donors (Lipinski definition) is 1. The fraction of sp³-hybridized carbons (Fsp3) is 0.419. The highest BCUT2D eigenvalue weighted by Crippen LogP contribution is 2.45. The lowest BCUT2D eigenvalue weighted by Crippen LogP contribution is -2.57. The first-order valence-corrected chi connectivity index (χ1v) is 13.8. The van der Waals surface area contributed by atoms with E-state index in [2.05, 4.69) is 13.8 Å². The van der Waals surface area contributed by atoms with E-state index in [1.165, 1.54) is 0 Å². The van der Waals surface area contributed by atoms with Gasteiger partial charge in [0.1, 0.15) is 17.1 Å². The molecule has 0 aromatic heterocycles. The molecule has 0 radical (unpaired) electrons. The summed E-state index contributed by atoms with van der Waals surface area (Å²) in [7, 11) is 0. The fourth-order valence-corrected chi connectivity index (χ4v) is 5.51. The van der Waals surface area contributed by atoms with Crippen molar-refractivity contribution in [2.45, 2.75) is 52.7 Å². The molecule has 1 N–H and O–H groups in total. The average Bonchev–Trinajstić information content (AvgIpc) is 2.81. The number of benzene rings is 3. The summed E-state index contributed by atoms with van der Waals surface area (Å²) < 4.78 is 11.8. The zero-order chi connectivity index (χ0) is 28.1. The molecule has 3 aromatic carbocycles. The number of nitrogens with zero attached hydrogens (tertiary/aromatic N) is 2. The van der Waals surface area contributed by atoms with Gasteiger partial charge in [0.05, 0.1) is 10.7 Å². The number of carbonyl (C=O) groups is 2. The van der Waals surface area contributed by atoms with Gasteiger partial charge in [0.2, 0.25) is 0 Å². The maximum Gasteiger partial charge on any atom is 0.410 e. The first-order valence-electron chi connectivity index (χ1n) is 13.4. The van der Waals surface area contributed by atoms with E-state index in [1.807, 2.05) is 51.1 Å². The van der Waals surface area contributed by atoms with Crippen molar-refractivity contribution in [2.75, 3.05) is 24.5 Å². The number of aromatic hydroxyl groups is 1. The molecular formula is C31H35ClN2O5. The molecule has 39 heavy (non-hydrogen) atoms. The normalized spacial score (nSPS) is 17.7. The number of fused-ring (bicyclic) bond motifs is 2. The third-order valence-corrected chi connectivity index (χ3v) is 7.33. The van der Waals surface area contributed by atoms with Crippen LogP contribution in [0.3, 0.4) is 0 Å². The number of rotatable bonds is 5. The van der Waals surface area contributed by atoms with E-state index >= 15 is 0 Å². The van der Waals surface area contributed by atoms with Gasteiger partial charge in [0.15, 0.2) is 6.10 Å². The number of phenolic OH excluding ortho intramolecular Hbond substituents is 1. The topological polar surface area (TPSA) is 79.3 Å². The molecule has 1 unspecified atom stereocenters. The molecular weight excluding hydrogens is 516 g/mol. The summed E-state index contributed by atoms with van der Waals surface area (Å²) >= 11 is 6.85. The fourth-order valence-electron chi connectivity index (χ4n) is 5.25. The second kappa shape index (κ2) is 10.3. The largest absolute Gasteiger partial charge is 0.508 e. The van der Waals surface area contributed by atoms with Crippen molar-refractivity contribution < 1.29 is 24.2 Å². The van der Waals surface area contributed by atoms with Crippen molar-refractivity contribution in [2.24, 2.45) is 11.8 Å². The Hall–Kier alpha value is -3.45. The summed E-state index contributed by atoms with van der Waals surface area (Å²) in [5, 5.41) is 12.7. The Morgan fingerprint density at radius 1 is 1.13 bits per heavy atom. The minimum absolute atomic E-state index is 0.0986. The Balaban J connectivity index is 1.47. The standard InChI is InChI=1S/C31H35ClN2O5/c1-18(2)10-28-29(36)34(17-19-15-33(16-19)30(37)39-31(3,4)5)26-14-25(32)24(13-27(26)38-28)23-12-21(35)11-20-8-6-7-9-22(20)23/h6-9,11-14,18-19,28,35H,10,15-17H2,1-5H3. The Bertz CT molecular complexity index is 1420. The monoisotopic (exact) mass is 550 g/mol. The predicted octanol–water partition coefficient (Wildman–Crippen LogP) is 6.87. The molecule has 1 atom stereocenters. The van der Waals surface area contributed by atoms with Crippen molar-refractivity contribution in [1.29, 1.82) is 0 Å². The number of hydrogen-bond acceptors (Lipinski definition) is 5. The molecule has 1 fully saturated rings. The van der Waals surface area contributed by atoms with Crippen LogP contribution in [0.2, 0.25) is 5.02 Å². The van der Waals surface area contributed by atoms with E-state index < -0.39 is 11.7 Å². The molecule has 2 aliphatic rings. The lowest BCUT2D eigenvalue weighted by atomic mass is 9.95. The van der Waals surface area contributed by atoms with Crippen LogP contribution in [0.1, 0.15) is 41.0 Å². The molecule has 0 aliphatic carbocycles. The Morgan fingerprint density at radius 3 is 2.54 bits per heavy atom. The van der Waals surface area contributed by atoms with Gasteiger partial charge in [-0.1, -0.05) is 49.7 Å². The highest BCUT2D eigenvalue weighted by Gasteiger charge is 2.40. The lowest BCUT2D eigenvalue weighted by Gasteiger charge is -2.43. The summed E-state index contributed by atoms with van der Waals surface area (Å²) in [6.45, 7) is 11.2. The van der Waals surface area contributed by atoms with E-state index in [9.17, 15) is 14.7 Å². The highest BCUT2D eigenvalue weighted by atomic mass is 35.5. The molecule has 2 amide bonds. The van der Waals surface area contributed by atoms with Gasteiger partial charge in [-0.25, -0.2) is 4.79 Å². The van der Waals surface area contributed by atoms with Crippen molar-refractivity contribution in [1.82, 2.24) is 4.90 Å². The maximum absolute atomic E-state index is 13.6. The average molecular weight is 551 g/mol. The smallest absolute Gasteiger partial charge is 0.410 e. The second-order valence-electron chi connectivity index (χ2n) is 12.0. The minimum Gasteiger partial charge on any atom is -0.508 e. The van der Waals surface area contributed by atoms with E-state index in [0.29, 0.717) is 42.5 Å². The van der Waals surface area contributed by atoms with Crippen LogP contribution < -0.4 is 9.64 Å². The van der Waals surface area contributed by atoms with Gasteiger partial charge >= 0.3 is 6.09 Å². The molecule has 5 rings (SSSR count). The zero-order valence-electron chi connectivity index (χ0n) is 23.0. The number of amides is 2. The van der Waals surface area contributed by atoms with E-state index in [1.54, 1.807) is 28.0 Å². The SMILES string of the molecule is CC(C)CC1Oc2cc(-c3cc(O)cc4ccccc34)c(Cl)cc2N(CC2CN(C(=O)OC(C)(C)C)C2)C1=O. The molecule has 206 valence electrons. The van der Waals surface area contributed by atoms with Crippen molar-refractivity contribution in [3.05, 3.63) is 53.6 Å². The summed E-state index contributed by atoms with van der Waals surface area (Å²) in [5.74, 6) is 0.998. The predicted molar refractivity (Wildman–Crippen MR) is 154 cm³/mol. The number of ether oxygens (including phenoxy) is 2. The van der Waals surface area contributed by atoms with E-state index in [4.69, 9.17) is 21.1 Å². The lowest BCUT2D eigenvalue weighted by molar-refractivity contribution is -0.127. The van der Waals surface area contributed by atoms with Crippen molar-refractivity contribution >= 4 is 40.1 Å². The number of halogens is 1. The second-order valence-corrected chi connectivity index (χ2v) is 12.4. The van der Waals surface area contributed by atoms with Crippen LogP contribution in [0.4, 0.5) is 10.5 Å². The zero-order valence-corrected chi connectivity index (χ0v) is 23.8. The maximum atomic E-state index is 13.6. The van der Waals surface area contributed by atoms with Gasteiger partial charge in [-0.3, -0.25) is 4.79 Å². The van der Waals surface area contributed by atoms with Crippen LogP contribution in [0.5, 0.6) is 11.5 Å². The molecule has 3 aromatic rings. The van der Waals surface area contributed by atoms with Gasteiger partial charge < -0.3 is 24.4 Å². The van der Waals surface area contributed by atoms with Crippen LogP contribution in [-0.4, -0.2) is 53.3 Å². The Morgan fingerprint density at radius 2 is 1.85 bits per heavy atom. The molecule has 1 saturated heterocycles. The number of anilines is 1. The molecule has 0 saturated carbocycles. The molecule has 0 bridgehead atoms. The quantitative estimate of drug-likeness (QED) is 0.375. The van der Waals surface area contributed by atoms with Crippen LogP contribution in [0.15, 0.2) is 48.5 Å². The van der Waals surface area contributed by atoms with E-state index in [0.717, 1.165) is 21.9 Å². The summed E-state index contributed by atoms with van der Waals surface area (Å²) in [5.41, 5.74) is 1.58. The first-order chi connectivity index (χ1) is 18.4. The molecule has 2 aliphatic heterocycles. The molecule has 7 nitrogen and oxygen atoms in total. The molecule has 2 heterocycles. The van der Waals surface area contributed by atoms with Crippen molar-refractivity contribution in [3.63, 3.8) is 0 Å². The van der Waals surface area contributed by atoms with Crippen LogP contribution in [0, 0.1) is 11.8 Å². The van der Waals surface area contributed by atoms with Crippen LogP contribution in [-0.2, 0) is 9.53 Å². The third kappa shape index (κ3) is 5.64. The van der Waals surface area contributed by atoms with Gasteiger partial charge in [-0.05, 0) is 73.7 Å².